The van der Waals surface area contributed by atoms with Crippen molar-refractivity contribution in [1.82, 2.24) is 9.55 Å². The van der Waals surface area contributed by atoms with Gasteiger partial charge in [-0.25, -0.2) is 4.79 Å². The highest BCUT2D eigenvalue weighted by atomic mass is 16.1. The summed E-state index contributed by atoms with van der Waals surface area (Å²) in [6.07, 6.45) is 1.00. The van der Waals surface area contributed by atoms with E-state index in [1.54, 1.807) is 4.57 Å². The summed E-state index contributed by atoms with van der Waals surface area (Å²) < 4.78 is 1.70. The number of nitrogens with one attached hydrogen (secondary N) is 1. The molecule has 1 N–H and O–H groups in total. The minimum atomic E-state index is -0.0968. The second-order valence-electron chi connectivity index (χ2n) is 4.30. The Kier molecular flexibility index (Phi) is 2.52. The zero-order valence-corrected chi connectivity index (χ0v) is 10.2. The van der Waals surface area contributed by atoms with E-state index in [1.807, 2.05) is 36.4 Å². The Morgan fingerprint density at radius 2 is 1.78 bits per heavy atom. The molecule has 0 spiro atoms. The molecule has 0 radical (unpaired) electrons. The highest BCUT2D eigenvalue weighted by Gasteiger charge is 2.07. The van der Waals surface area contributed by atoms with E-state index in [0.29, 0.717) is 0 Å². The van der Waals surface area contributed by atoms with Gasteiger partial charge in [0.1, 0.15) is 0 Å². The van der Waals surface area contributed by atoms with Crippen molar-refractivity contribution in [3.05, 3.63) is 64.6 Å². The first kappa shape index (κ1) is 10.8. The molecule has 0 amide bonds. The van der Waals surface area contributed by atoms with Crippen LogP contribution in [0.25, 0.3) is 16.7 Å². The number of rotatable bonds is 2. The van der Waals surface area contributed by atoms with Gasteiger partial charge < -0.3 is 4.98 Å². The molecule has 0 fully saturated rings. The maximum atomic E-state index is 12.0. The van der Waals surface area contributed by atoms with Crippen LogP contribution in [0.2, 0.25) is 0 Å². The van der Waals surface area contributed by atoms with Crippen molar-refractivity contribution < 1.29 is 0 Å². The van der Waals surface area contributed by atoms with E-state index in [2.05, 4.69) is 24.0 Å². The molecule has 1 heterocycles. The third-order valence-corrected chi connectivity index (χ3v) is 3.19. The second kappa shape index (κ2) is 4.18. The number of hydrogen-bond donors (Lipinski definition) is 1. The molecule has 0 aliphatic rings. The molecule has 0 saturated heterocycles. The van der Waals surface area contributed by atoms with E-state index < -0.39 is 0 Å². The van der Waals surface area contributed by atoms with E-state index in [1.165, 1.54) is 5.56 Å². The average molecular weight is 238 g/mol. The molecular weight excluding hydrogens is 224 g/mol. The van der Waals surface area contributed by atoms with Crippen molar-refractivity contribution in [3.8, 4) is 5.69 Å². The fourth-order valence-electron chi connectivity index (χ4n) is 2.19. The van der Waals surface area contributed by atoms with E-state index in [9.17, 15) is 4.79 Å². The summed E-state index contributed by atoms with van der Waals surface area (Å²) in [6.45, 7) is 2.12. The van der Waals surface area contributed by atoms with Crippen molar-refractivity contribution in [2.45, 2.75) is 13.3 Å². The minimum absolute atomic E-state index is 0.0968. The van der Waals surface area contributed by atoms with Gasteiger partial charge in [0.05, 0.1) is 16.7 Å². The number of nitrogens with zero attached hydrogens (tertiary/aromatic N) is 1. The van der Waals surface area contributed by atoms with Crippen molar-refractivity contribution in [1.29, 1.82) is 0 Å². The molecule has 3 rings (SSSR count). The quantitative estimate of drug-likeness (QED) is 0.732. The monoisotopic (exact) mass is 238 g/mol. The topological polar surface area (TPSA) is 37.8 Å². The number of hydrogen-bond acceptors (Lipinski definition) is 1. The Bertz CT molecular complexity index is 735. The summed E-state index contributed by atoms with van der Waals surface area (Å²) in [7, 11) is 0. The number of para-hydroxylation sites is 2. The number of H-pyrrole nitrogens is 1. The molecule has 0 bridgehead atoms. The van der Waals surface area contributed by atoms with E-state index in [0.717, 1.165) is 23.1 Å². The third kappa shape index (κ3) is 1.64. The second-order valence-corrected chi connectivity index (χ2v) is 4.30. The van der Waals surface area contributed by atoms with Gasteiger partial charge >= 0.3 is 5.69 Å². The molecule has 0 unspecified atom stereocenters. The van der Waals surface area contributed by atoms with Crippen molar-refractivity contribution in [2.75, 3.05) is 0 Å². The summed E-state index contributed by atoms with van der Waals surface area (Å²) in [4.78, 5) is 14.9. The van der Waals surface area contributed by atoms with Crippen LogP contribution >= 0.6 is 0 Å². The lowest BCUT2D eigenvalue weighted by molar-refractivity contribution is 1.01. The molecule has 3 nitrogen and oxygen atoms in total. The molecule has 0 atom stereocenters. The van der Waals surface area contributed by atoms with Crippen LogP contribution in [0.3, 0.4) is 0 Å². The Balaban J connectivity index is 2.24. The van der Waals surface area contributed by atoms with Gasteiger partial charge in [0.15, 0.2) is 0 Å². The molecular formula is C15H14N2O. The summed E-state index contributed by atoms with van der Waals surface area (Å²) in [5, 5.41) is 0. The first-order chi connectivity index (χ1) is 8.79. The molecule has 1 aromatic heterocycles. The van der Waals surface area contributed by atoms with Crippen LogP contribution in [0, 0.1) is 0 Å². The molecule has 2 aromatic carbocycles. The lowest BCUT2D eigenvalue weighted by Crippen LogP contribution is -2.14. The molecule has 3 aromatic rings. The SMILES string of the molecule is CCc1ccc(-n2c(=O)[nH]c3ccccc32)cc1. The number of aryl methyl sites for hydroxylation is 1. The molecule has 0 aliphatic carbocycles. The number of fused-ring (bicyclic) bond motifs is 1. The van der Waals surface area contributed by atoms with Crippen molar-refractivity contribution in [3.63, 3.8) is 0 Å². The van der Waals surface area contributed by atoms with Crippen LogP contribution in [0.15, 0.2) is 53.3 Å². The average Bonchev–Trinajstić information content (AvgIpc) is 2.75. The van der Waals surface area contributed by atoms with Gasteiger partial charge in [-0.05, 0) is 36.2 Å². The summed E-state index contributed by atoms with van der Waals surface area (Å²) in [5.41, 5.74) is 3.84. The van der Waals surface area contributed by atoms with Gasteiger partial charge in [-0.3, -0.25) is 4.57 Å². The van der Waals surface area contributed by atoms with Crippen LogP contribution < -0.4 is 5.69 Å². The predicted octanol–water partition coefficient (Wildman–Crippen LogP) is 2.88. The maximum Gasteiger partial charge on any atom is 0.331 e. The highest BCUT2D eigenvalue weighted by Crippen LogP contribution is 2.15. The van der Waals surface area contributed by atoms with Crippen LogP contribution in [-0.4, -0.2) is 9.55 Å². The third-order valence-electron chi connectivity index (χ3n) is 3.19. The normalized spacial score (nSPS) is 10.9. The van der Waals surface area contributed by atoms with Crippen LogP contribution in [0.4, 0.5) is 0 Å². The molecule has 0 saturated carbocycles. The Morgan fingerprint density at radius 3 is 2.50 bits per heavy atom. The van der Waals surface area contributed by atoms with Gasteiger partial charge in [0, 0.05) is 0 Å². The molecule has 0 aliphatic heterocycles. The Morgan fingerprint density at radius 1 is 1.06 bits per heavy atom. The van der Waals surface area contributed by atoms with E-state index in [4.69, 9.17) is 0 Å². The predicted molar refractivity (Wildman–Crippen MR) is 73.3 cm³/mol. The summed E-state index contributed by atoms with van der Waals surface area (Å²) in [6, 6.07) is 15.8. The van der Waals surface area contributed by atoms with E-state index in [-0.39, 0.29) is 5.69 Å². The smallest absolute Gasteiger partial charge is 0.305 e. The molecule has 90 valence electrons. The van der Waals surface area contributed by atoms with Crippen molar-refractivity contribution >= 4 is 11.0 Å². The highest BCUT2D eigenvalue weighted by molar-refractivity contribution is 5.77. The van der Waals surface area contributed by atoms with Crippen LogP contribution in [0.5, 0.6) is 0 Å². The number of aromatic nitrogens is 2. The number of aromatic amines is 1. The fourth-order valence-corrected chi connectivity index (χ4v) is 2.19. The van der Waals surface area contributed by atoms with Gasteiger partial charge in [0.2, 0.25) is 0 Å². The van der Waals surface area contributed by atoms with Crippen LogP contribution in [-0.2, 0) is 6.42 Å². The Hall–Kier alpha value is -2.29. The fraction of sp³-hybridized carbons (Fsp3) is 0.133. The lowest BCUT2D eigenvalue weighted by atomic mass is 10.1. The van der Waals surface area contributed by atoms with Gasteiger partial charge in [0.25, 0.3) is 0 Å². The molecule has 3 heteroatoms. The lowest BCUT2D eigenvalue weighted by Gasteiger charge is -2.04. The zero-order valence-electron chi connectivity index (χ0n) is 10.2. The van der Waals surface area contributed by atoms with Crippen molar-refractivity contribution in [2.24, 2.45) is 0 Å². The molecule has 18 heavy (non-hydrogen) atoms. The minimum Gasteiger partial charge on any atom is -0.305 e. The van der Waals surface area contributed by atoms with Crippen LogP contribution in [0.1, 0.15) is 12.5 Å². The van der Waals surface area contributed by atoms with E-state index >= 15 is 0 Å². The Labute approximate surface area is 105 Å². The van der Waals surface area contributed by atoms with Gasteiger partial charge in [-0.15, -0.1) is 0 Å². The zero-order chi connectivity index (χ0) is 12.5. The number of imidazole rings is 1. The number of benzene rings is 2. The standard InChI is InChI=1S/C15H14N2O/c1-2-11-7-9-12(10-8-11)17-14-6-4-3-5-13(14)16-15(17)18/h3-10H,2H2,1H3,(H,16,18). The van der Waals surface area contributed by atoms with Gasteiger partial charge in [-0.1, -0.05) is 31.2 Å². The summed E-state index contributed by atoms with van der Waals surface area (Å²) >= 11 is 0. The summed E-state index contributed by atoms with van der Waals surface area (Å²) in [5.74, 6) is 0. The first-order valence-corrected chi connectivity index (χ1v) is 6.08. The first-order valence-electron chi connectivity index (χ1n) is 6.08. The van der Waals surface area contributed by atoms with Gasteiger partial charge in [-0.2, -0.15) is 0 Å². The maximum absolute atomic E-state index is 12.0. The largest absolute Gasteiger partial charge is 0.331 e.